The van der Waals surface area contributed by atoms with E-state index < -0.39 is 0 Å². The summed E-state index contributed by atoms with van der Waals surface area (Å²) in [5.41, 5.74) is 0. The average molecular weight is 117 g/mol. The predicted molar refractivity (Wildman–Crippen MR) is 34.0 cm³/mol. The maximum atomic E-state index is 8.26. The standard InChI is InChI=1S/C5H8OS/c1-3-4-5(2)7-6/h1-4H2/p+1. The van der Waals surface area contributed by atoms with Crippen LogP contribution in [0.2, 0.25) is 0 Å². The zero-order valence-corrected chi connectivity index (χ0v) is 5.00. The predicted octanol–water partition coefficient (Wildman–Crippen LogP) is 2.32. The van der Waals surface area contributed by atoms with Crippen molar-refractivity contribution in [3.63, 3.8) is 0 Å². The molecule has 0 atom stereocenters. The molecule has 7 heavy (non-hydrogen) atoms. The minimum Gasteiger partial charge on any atom is -0.326 e. The number of hydrogen-bond donors (Lipinski definition) is 1. The molecule has 0 aliphatic carbocycles. The molecule has 0 aromatic rings. The van der Waals surface area contributed by atoms with Crippen LogP contribution in [-0.4, -0.2) is 4.55 Å². The lowest BCUT2D eigenvalue weighted by Gasteiger charge is -1.88. The molecule has 0 unspecified atom stereocenters. The molecule has 0 aromatic heterocycles. The Labute approximate surface area is 48.6 Å². The fourth-order valence-electron chi connectivity index (χ4n) is 0.243. The smallest absolute Gasteiger partial charge is 0.0896 e. The van der Waals surface area contributed by atoms with E-state index >= 15 is 0 Å². The third-order valence-corrected chi connectivity index (χ3v) is 1.05. The summed E-state index contributed by atoms with van der Waals surface area (Å²) < 4.78 is 8.26. The van der Waals surface area contributed by atoms with Crippen molar-refractivity contribution in [2.45, 2.75) is 12.8 Å². The summed E-state index contributed by atoms with van der Waals surface area (Å²) in [4.78, 5) is 0.787. The summed E-state index contributed by atoms with van der Waals surface area (Å²) >= 11 is 0.715. The summed E-state index contributed by atoms with van der Waals surface area (Å²) in [6.07, 6.45) is 1.62. The molecule has 0 radical (unpaired) electrons. The Morgan fingerprint density at radius 2 is 2.43 bits per heavy atom. The van der Waals surface area contributed by atoms with Gasteiger partial charge in [-0.3, -0.25) is 0 Å². The molecule has 1 N–H and O–H groups in total. The zero-order valence-electron chi connectivity index (χ0n) is 4.18. The Hall–Kier alpha value is -0.0800. The Morgan fingerprint density at radius 1 is 1.86 bits per heavy atom. The van der Waals surface area contributed by atoms with Crippen LogP contribution in [0.25, 0.3) is 0 Å². The Balaban J connectivity index is 3.00. The maximum Gasteiger partial charge on any atom is 0.0896 e. The van der Waals surface area contributed by atoms with Crippen LogP contribution in [0.4, 0.5) is 0 Å². The summed E-state index contributed by atoms with van der Waals surface area (Å²) in [7, 11) is 0. The molecule has 2 heteroatoms. The molecule has 0 heterocycles. The van der Waals surface area contributed by atoms with E-state index in [4.69, 9.17) is 4.55 Å². The summed E-state index contributed by atoms with van der Waals surface area (Å²) in [5.74, 6) is 0. The van der Waals surface area contributed by atoms with Crippen molar-refractivity contribution in [2.24, 2.45) is 0 Å². The van der Waals surface area contributed by atoms with Gasteiger partial charge in [0.15, 0.2) is 0 Å². The van der Waals surface area contributed by atoms with Crippen molar-refractivity contribution in [1.82, 2.24) is 0 Å². The van der Waals surface area contributed by atoms with Crippen molar-refractivity contribution in [3.8, 4) is 0 Å². The highest BCUT2D eigenvalue weighted by molar-refractivity contribution is 7.97. The minimum atomic E-state index is 0.715. The van der Waals surface area contributed by atoms with Crippen molar-refractivity contribution in [1.29, 1.82) is 0 Å². The molecule has 0 saturated carbocycles. The van der Waals surface area contributed by atoms with Crippen LogP contribution in [0.3, 0.4) is 0 Å². The second-order valence-electron chi connectivity index (χ2n) is 1.23. The highest BCUT2D eigenvalue weighted by atomic mass is 32.2. The molecular weight excluding hydrogens is 108 g/mol. The SMILES string of the molecule is C=C(CC[CH2+])SO. The first-order valence-electron chi connectivity index (χ1n) is 2.09. The van der Waals surface area contributed by atoms with Gasteiger partial charge in [-0.1, -0.05) is 6.58 Å². The maximum absolute atomic E-state index is 8.26. The average Bonchev–Trinajstić information content (AvgIpc) is 1.68. The second kappa shape index (κ2) is 4.09. The first kappa shape index (κ1) is 6.92. The zero-order chi connectivity index (χ0) is 5.70. The van der Waals surface area contributed by atoms with Gasteiger partial charge < -0.3 is 4.55 Å². The first-order valence-corrected chi connectivity index (χ1v) is 2.87. The number of hydrogen-bond acceptors (Lipinski definition) is 2. The normalized spacial score (nSPS) is 8.71. The molecule has 0 aromatic carbocycles. The van der Waals surface area contributed by atoms with E-state index in [9.17, 15) is 0 Å². The summed E-state index contributed by atoms with van der Waals surface area (Å²) in [6, 6.07) is 0. The lowest BCUT2D eigenvalue weighted by atomic mass is 10.3. The molecule has 0 aliphatic heterocycles. The van der Waals surface area contributed by atoms with Gasteiger partial charge in [0.1, 0.15) is 0 Å². The van der Waals surface area contributed by atoms with Gasteiger partial charge in [-0.05, 0) is 0 Å². The van der Waals surface area contributed by atoms with Crippen molar-refractivity contribution in [3.05, 3.63) is 18.4 Å². The lowest BCUT2D eigenvalue weighted by Crippen LogP contribution is -1.69. The lowest BCUT2D eigenvalue weighted by molar-refractivity contribution is 0.667. The fraction of sp³-hybridized carbons (Fsp3) is 0.400. The van der Waals surface area contributed by atoms with Gasteiger partial charge in [-0.15, -0.1) is 0 Å². The van der Waals surface area contributed by atoms with E-state index in [2.05, 4.69) is 13.5 Å². The van der Waals surface area contributed by atoms with Crippen molar-refractivity contribution < 1.29 is 4.55 Å². The molecule has 0 spiro atoms. The molecule has 0 aliphatic rings. The van der Waals surface area contributed by atoms with Crippen molar-refractivity contribution >= 4 is 12.0 Å². The molecule has 0 rings (SSSR count). The van der Waals surface area contributed by atoms with Gasteiger partial charge in [0.2, 0.25) is 0 Å². The largest absolute Gasteiger partial charge is 0.326 e. The van der Waals surface area contributed by atoms with Crippen LogP contribution in [0.5, 0.6) is 0 Å². The first-order chi connectivity index (χ1) is 3.31. The molecule has 1 nitrogen and oxygen atoms in total. The van der Waals surface area contributed by atoms with Crippen molar-refractivity contribution in [2.75, 3.05) is 0 Å². The van der Waals surface area contributed by atoms with E-state index in [0.29, 0.717) is 12.0 Å². The van der Waals surface area contributed by atoms with Crippen LogP contribution in [-0.2, 0) is 0 Å². The summed E-state index contributed by atoms with van der Waals surface area (Å²) in [5, 5.41) is 0. The number of allylic oxidation sites excluding steroid dienone is 1. The monoisotopic (exact) mass is 117 g/mol. The molecule has 40 valence electrons. The minimum absolute atomic E-state index is 0.715. The van der Waals surface area contributed by atoms with E-state index in [-0.39, 0.29) is 0 Å². The van der Waals surface area contributed by atoms with Gasteiger partial charge in [-0.25, -0.2) is 0 Å². The van der Waals surface area contributed by atoms with Gasteiger partial charge in [0.25, 0.3) is 0 Å². The van der Waals surface area contributed by atoms with Crippen LogP contribution < -0.4 is 0 Å². The van der Waals surface area contributed by atoms with Crippen LogP contribution in [0, 0.1) is 6.92 Å². The van der Waals surface area contributed by atoms with Crippen LogP contribution in [0.1, 0.15) is 12.8 Å². The fourth-order valence-corrected chi connectivity index (χ4v) is 0.478. The van der Waals surface area contributed by atoms with E-state index in [1.54, 1.807) is 0 Å². The molecular formula is C5H9OS+. The van der Waals surface area contributed by atoms with Crippen LogP contribution in [0.15, 0.2) is 11.5 Å². The molecule has 0 saturated heterocycles. The van der Waals surface area contributed by atoms with Gasteiger partial charge in [-0.2, -0.15) is 0 Å². The highest BCUT2D eigenvalue weighted by Crippen LogP contribution is 2.12. The third-order valence-electron chi connectivity index (χ3n) is 0.585. The van der Waals surface area contributed by atoms with E-state index in [0.717, 1.165) is 17.7 Å². The second-order valence-corrected chi connectivity index (χ2v) is 1.99. The van der Waals surface area contributed by atoms with Gasteiger partial charge in [0.05, 0.1) is 13.3 Å². The van der Waals surface area contributed by atoms with E-state index in [1.165, 1.54) is 0 Å². The Bertz CT molecular complexity index is 61.1. The molecule has 0 amide bonds. The Kier molecular flexibility index (Phi) is 4.04. The van der Waals surface area contributed by atoms with E-state index in [1.807, 2.05) is 0 Å². The van der Waals surface area contributed by atoms with Gasteiger partial charge in [0, 0.05) is 23.4 Å². The Morgan fingerprint density at radius 3 is 2.57 bits per heavy atom. The molecule has 0 fully saturated rings. The molecule has 0 bridgehead atoms. The quantitative estimate of drug-likeness (QED) is 0.452. The topological polar surface area (TPSA) is 20.2 Å². The van der Waals surface area contributed by atoms with Gasteiger partial charge >= 0.3 is 0 Å². The number of rotatable bonds is 3. The summed E-state index contributed by atoms with van der Waals surface area (Å²) in [6.45, 7) is 7.12. The highest BCUT2D eigenvalue weighted by Gasteiger charge is 1.90. The third kappa shape index (κ3) is 3.76. The van der Waals surface area contributed by atoms with Crippen LogP contribution >= 0.6 is 12.0 Å².